The molecule has 1 aliphatic heterocycles. The lowest BCUT2D eigenvalue weighted by molar-refractivity contribution is -0.131. The maximum atomic E-state index is 12.8. The van der Waals surface area contributed by atoms with Gasteiger partial charge in [-0.05, 0) is 42.5 Å². The number of carbonyl (C=O) groups is 1. The highest BCUT2D eigenvalue weighted by molar-refractivity contribution is 5.79. The summed E-state index contributed by atoms with van der Waals surface area (Å²) in [6.07, 6.45) is 8.50. The second-order valence-electron chi connectivity index (χ2n) is 7.55. The second kappa shape index (κ2) is 7.43. The van der Waals surface area contributed by atoms with E-state index < -0.39 is 0 Å². The summed E-state index contributed by atoms with van der Waals surface area (Å²) < 4.78 is 1.99. The van der Waals surface area contributed by atoms with Crippen LogP contribution in [0.4, 0.5) is 0 Å². The van der Waals surface area contributed by atoms with Gasteiger partial charge in [0.2, 0.25) is 5.91 Å². The Morgan fingerprint density at radius 1 is 1.26 bits per heavy atom. The molecule has 3 heterocycles. The van der Waals surface area contributed by atoms with Gasteiger partial charge in [-0.3, -0.25) is 9.89 Å². The van der Waals surface area contributed by atoms with Crippen LogP contribution in [0.15, 0.2) is 48.9 Å². The largest absolute Gasteiger partial charge is 0.357 e. The number of nitrogens with zero attached hydrogens (tertiary/aromatic N) is 3. The van der Waals surface area contributed by atoms with Crippen LogP contribution in [-0.2, 0) is 18.3 Å². The average molecular weight is 362 g/mol. The van der Waals surface area contributed by atoms with Crippen molar-refractivity contribution in [2.45, 2.75) is 32.1 Å². The maximum absolute atomic E-state index is 12.8. The number of likely N-dealkylation sites (tertiary alicyclic amines) is 1. The first-order valence-electron chi connectivity index (χ1n) is 9.59. The van der Waals surface area contributed by atoms with Crippen LogP contribution >= 0.6 is 0 Å². The van der Waals surface area contributed by atoms with Crippen LogP contribution in [0, 0.1) is 6.92 Å². The maximum Gasteiger partial charge on any atom is 0.227 e. The normalized spacial score (nSPS) is 17.3. The Morgan fingerprint density at radius 3 is 2.89 bits per heavy atom. The molecule has 1 atom stereocenters. The van der Waals surface area contributed by atoms with Crippen molar-refractivity contribution in [3.05, 3.63) is 65.7 Å². The van der Waals surface area contributed by atoms with Crippen LogP contribution in [0.2, 0.25) is 0 Å². The van der Waals surface area contributed by atoms with E-state index in [1.165, 1.54) is 11.1 Å². The number of aromatic amines is 1. The molecule has 2 aromatic heterocycles. The van der Waals surface area contributed by atoms with E-state index in [1.807, 2.05) is 41.2 Å². The monoisotopic (exact) mass is 362 g/mol. The van der Waals surface area contributed by atoms with Crippen LogP contribution in [0.1, 0.15) is 35.6 Å². The number of piperidine rings is 1. The molecule has 0 spiro atoms. The highest BCUT2D eigenvalue weighted by Gasteiger charge is 2.28. The van der Waals surface area contributed by atoms with Crippen molar-refractivity contribution in [2.75, 3.05) is 13.1 Å². The summed E-state index contributed by atoms with van der Waals surface area (Å²) in [4.78, 5) is 14.8. The van der Waals surface area contributed by atoms with E-state index in [0.29, 0.717) is 12.3 Å². The van der Waals surface area contributed by atoms with Gasteiger partial charge in [-0.25, -0.2) is 0 Å². The third-order valence-corrected chi connectivity index (χ3v) is 5.53. The number of benzene rings is 1. The first-order valence-corrected chi connectivity index (χ1v) is 9.59. The molecular formula is C22H26N4O. The molecule has 0 aliphatic carbocycles. The number of amides is 1. The molecule has 1 N–H and O–H groups in total. The predicted molar refractivity (Wildman–Crippen MR) is 106 cm³/mol. The molecule has 3 aromatic rings. The zero-order valence-corrected chi connectivity index (χ0v) is 16.0. The minimum absolute atomic E-state index is 0.211. The van der Waals surface area contributed by atoms with Crippen LogP contribution in [-0.4, -0.2) is 38.7 Å². The summed E-state index contributed by atoms with van der Waals surface area (Å²) in [7, 11) is 1.98. The Hall–Kier alpha value is -2.82. The predicted octanol–water partition coefficient (Wildman–Crippen LogP) is 3.67. The molecule has 5 nitrogen and oxygen atoms in total. The first-order chi connectivity index (χ1) is 13.1. The molecule has 0 saturated carbocycles. The lowest BCUT2D eigenvalue weighted by Gasteiger charge is -2.33. The summed E-state index contributed by atoms with van der Waals surface area (Å²) in [5.41, 5.74) is 5.85. The Morgan fingerprint density at radius 2 is 2.11 bits per heavy atom. The van der Waals surface area contributed by atoms with Crippen LogP contribution in [0.3, 0.4) is 0 Å². The van der Waals surface area contributed by atoms with Crippen molar-refractivity contribution in [3.63, 3.8) is 0 Å². The van der Waals surface area contributed by atoms with Crippen molar-refractivity contribution < 1.29 is 4.79 Å². The number of nitrogens with one attached hydrogen (secondary N) is 1. The van der Waals surface area contributed by atoms with E-state index in [2.05, 4.69) is 41.4 Å². The van der Waals surface area contributed by atoms with Crippen LogP contribution in [0.25, 0.3) is 11.1 Å². The lowest BCUT2D eigenvalue weighted by Crippen LogP contribution is -2.40. The van der Waals surface area contributed by atoms with Gasteiger partial charge < -0.3 is 9.47 Å². The zero-order chi connectivity index (χ0) is 18.8. The van der Waals surface area contributed by atoms with Crippen molar-refractivity contribution >= 4 is 5.91 Å². The molecular weight excluding hydrogens is 336 g/mol. The number of aromatic nitrogens is 3. The topological polar surface area (TPSA) is 53.9 Å². The Labute approximate surface area is 160 Å². The number of rotatable bonds is 4. The number of H-pyrrole nitrogens is 1. The first kappa shape index (κ1) is 17.6. The van der Waals surface area contributed by atoms with Gasteiger partial charge in [0.15, 0.2) is 0 Å². The fraction of sp³-hybridized carbons (Fsp3) is 0.364. The van der Waals surface area contributed by atoms with Crippen molar-refractivity contribution in [1.29, 1.82) is 0 Å². The Kier molecular flexibility index (Phi) is 4.84. The summed E-state index contributed by atoms with van der Waals surface area (Å²) in [5, 5.41) is 7.55. The quantitative estimate of drug-likeness (QED) is 0.770. The molecule has 1 aliphatic rings. The van der Waals surface area contributed by atoms with E-state index in [4.69, 9.17) is 0 Å². The number of aryl methyl sites for hydroxylation is 2. The number of hydrogen-bond donors (Lipinski definition) is 1. The van der Waals surface area contributed by atoms with E-state index in [9.17, 15) is 4.79 Å². The Balaban J connectivity index is 1.52. The molecule has 0 radical (unpaired) electrons. The van der Waals surface area contributed by atoms with Crippen LogP contribution in [0.5, 0.6) is 0 Å². The molecule has 1 unspecified atom stereocenters. The SMILES string of the molecule is Cc1ccccc1-c1cn[nH]c1C1CCCN(C(=O)Cc2ccn(C)c2)C1. The molecule has 140 valence electrons. The molecule has 1 saturated heterocycles. The van der Waals surface area contributed by atoms with Crippen molar-refractivity contribution in [3.8, 4) is 11.1 Å². The minimum atomic E-state index is 0.211. The Bertz CT molecular complexity index is 939. The van der Waals surface area contributed by atoms with Gasteiger partial charge in [-0.2, -0.15) is 5.10 Å². The fourth-order valence-corrected chi connectivity index (χ4v) is 4.09. The van der Waals surface area contributed by atoms with Gasteiger partial charge in [-0.15, -0.1) is 0 Å². The molecule has 4 rings (SSSR count). The molecule has 5 heteroatoms. The van der Waals surface area contributed by atoms with Crippen molar-refractivity contribution in [2.24, 2.45) is 7.05 Å². The zero-order valence-electron chi connectivity index (χ0n) is 16.0. The minimum Gasteiger partial charge on any atom is -0.357 e. The molecule has 1 fully saturated rings. The van der Waals surface area contributed by atoms with Gasteiger partial charge in [0, 0.05) is 49.7 Å². The molecule has 27 heavy (non-hydrogen) atoms. The smallest absolute Gasteiger partial charge is 0.227 e. The number of hydrogen-bond acceptors (Lipinski definition) is 2. The van der Waals surface area contributed by atoms with Gasteiger partial charge in [0.05, 0.1) is 12.6 Å². The van der Waals surface area contributed by atoms with Gasteiger partial charge in [0.25, 0.3) is 0 Å². The fourth-order valence-electron chi connectivity index (χ4n) is 4.09. The van der Waals surface area contributed by atoms with Crippen molar-refractivity contribution in [1.82, 2.24) is 19.7 Å². The molecule has 0 bridgehead atoms. The van der Waals surface area contributed by atoms with Gasteiger partial charge >= 0.3 is 0 Å². The lowest BCUT2D eigenvalue weighted by atomic mass is 9.89. The highest BCUT2D eigenvalue weighted by Crippen LogP contribution is 2.34. The van der Waals surface area contributed by atoms with E-state index in [-0.39, 0.29) is 5.91 Å². The van der Waals surface area contributed by atoms with E-state index in [1.54, 1.807) is 0 Å². The van der Waals surface area contributed by atoms with E-state index in [0.717, 1.165) is 42.8 Å². The second-order valence-corrected chi connectivity index (χ2v) is 7.55. The highest BCUT2D eigenvalue weighted by atomic mass is 16.2. The van der Waals surface area contributed by atoms with Gasteiger partial charge in [-0.1, -0.05) is 24.3 Å². The van der Waals surface area contributed by atoms with Crippen LogP contribution < -0.4 is 0 Å². The number of carbonyl (C=O) groups excluding carboxylic acids is 1. The molecule has 1 amide bonds. The third-order valence-electron chi connectivity index (χ3n) is 5.53. The standard InChI is InChI=1S/C22H26N4O/c1-16-6-3-4-8-19(16)20-13-23-24-22(20)18-7-5-10-26(15-18)21(27)12-17-9-11-25(2)14-17/h3-4,6,8-9,11,13-14,18H,5,7,10,12,15H2,1-2H3,(H,23,24). The summed E-state index contributed by atoms with van der Waals surface area (Å²) >= 11 is 0. The third kappa shape index (κ3) is 3.68. The van der Waals surface area contributed by atoms with Gasteiger partial charge in [0.1, 0.15) is 0 Å². The summed E-state index contributed by atoms with van der Waals surface area (Å²) in [6, 6.07) is 10.4. The summed E-state index contributed by atoms with van der Waals surface area (Å²) in [6.45, 7) is 3.73. The average Bonchev–Trinajstić information content (AvgIpc) is 3.31. The summed E-state index contributed by atoms with van der Waals surface area (Å²) in [5.74, 6) is 0.512. The molecule has 1 aromatic carbocycles. The van der Waals surface area contributed by atoms with E-state index >= 15 is 0 Å².